The number of aromatic nitrogens is 1. The van der Waals surface area contributed by atoms with Crippen LogP contribution in [0.3, 0.4) is 0 Å². The quantitative estimate of drug-likeness (QED) is 0.0841. The predicted molar refractivity (Wildman–Crippen MR) is 178 cm³/mol. The van der Waals surface area contributed by atoms with E-state index in [-0.39, 0.29) is 42.9 Å². The Labute approximate surface area is 279 Å². The Bertz CT molecular complexity index is 1930. The summed E-state index contributed by atoms with van der Waals surface area (Å²) in [6, 6.07) is 24.0. The van der Waals surface area contributed by atoms with Gasteiger partial charge in [0.05, 0.1) is 0 Å². The normalized spacial score (nSPS) is 13.9. The molecule has 1 aromatic heterocycles. The Hall–Kier alpha value is -3.66. The van der Waals surface area contributed by atoms with Crippen LogP contribution in [0.25, 0.3) is 43.9 Å². The van der Waals surface area contributed by atoms with Crippen molar-refractivity contribution in [1.82, 2.24) is 4.98 Å². The fourth-order valence-corrected chi connectivity index (χ4v) is 6.20. The number of hydrogen-bond acceptors (Lipinski definition) is 3. The van der Waals surface area contributed by atoms with Gasteiger partial charge in [0.2, 0.25) is 0 Å². The molecule has 0 saturated heterocycles. The third kappa shape index (κ3) is 6.26. The maximum Gasteiger partial charge on any atom is 0.164 e. The van der Waals surface area contributed by atoms with Crippen molar-refractivity contribution in [2.24, 2.45) is 10.8 Å². The number of rotatable bonds is 2. The van der Waals surface area contributed by atoms with Crippen LogP contribution in [0.15, 0.2) is 78.7 Å². The number of aryl methyl sites for hydroxylation is 4. The van der Waals surface area contributed by atoms with Crippen LogP contribution < -0.4 is 0 Å². The van der Waals surface area contributed by atoms with Gasteiger partial charge in [-0.1, -0.05) is 95.1 Å². The second-order valence-electron chi connectivity index (χ2n) is 14.1. The largest absolute Gasteiger partial charge is 0.512 e. The van der Waals surface area contributed by atoms with E-state index in [1.54, 1.807) is 6.07 Å². The molecular weight excluding hydrogens is 738 g/mol. The van der Waals surface area contributed by atoms with Crippen LogP contribution in [0.4, 0.5) is 4.39 Å². The molecule has 5 aromatic rings. The van der Waals surface area contributed by atoms with Crippen molar-refractivity contribution in [2.75, 3.05) is 0 Å². The number of hydrogen-bond donors (Lipinski definition) is 1. The maximum absolute atomic E-state index is 14.3. The number of aliphatic hydroxyl groups excluding tert-OH is 1. The summed E-state index contributed by atoms with van der Waals surface area (Å²) in [7, 11) is 0. The number of carbonyl (C=O) groups excluding carboxylic acids is 1. The van der Waals surface area contributed by atoms with E-state index in [2.05, 4.69) is 30.3 Å². The number of benzene rings is 4. The van der Waals surface area contributed by atoms with Gasteiger partial charge in [0, 0.05) is 48.6 Å². The summed E-state index contributed by atoms with van der Waals surface area (Å²) >= 11 is 0. The van der Waals surface area contributed by atoms with Crippen molar-refractivity contribution in [1.29, 1.82) is 0 Å². The van der Waals surface area contributed by atoms with E-state index in [9.17, 15) is 14.3 Å². The third-order valence-corrected chi connectivity index (χ3v) is 8.80. The number of pyridine rings is 1. The molecule has 1 radical (unpaired) electrons. The molecule has 1 N–H and O–H groups in total. The average Bonchev–Trinajstić information content (AvgIpc) is 2.99. The molecule has 1 heterocycles. The molecule has 7 rings (SSSR count). The number of ketones is 1. The second kappa shape index (κ2) is 12.3. The molecule has 0 spiro atoms. The maximum atomic E-state index is 14.3. The number of aliphatic hydroxyl groups is 1. The van der Waals surface area contributed by atoms with Crippen molar-refractivity contribution < 1.29 is 34.4 Å². The van der Waals surface area contributed by atoms with Gasteiger partial charge in [-0.3, -0.25) is 4.79 Å². The number of halogens is 1. The van der Waals surface area contributed by atoms with E-state index in [1.165, 1.54) is 45.5 Å². The minimum atomic E-state index is -0.417. The van der Waals surface area contributed by atoms with Crippen LogP contribution in [0, 0.1) is 22.7 Å². The van der Waals surface area contributed by atoms with Gasteiger partial charge in [-0.05, 0) is 70.8 Å². The summed E-state index contributed by atoms with van der Waals surface area (Å²) in [5.41, 5.74) is 9.78. The summed E-state index contributed by atoms with van der Waals surface area (Å²) in [5, 5.41) is 13.2. The molecule has 5 heteroatoms. The SMILES string of the molecule is CC(C)(C)C(=O)/C=C(\O)C(C)(C)C.Fc1cccc2c1ccc1c(-c3[c-]c4c5c(c3)CCc3cccc(c3-5)CC4)nccc12.[Ir]. The molecule has 0 amide bonds. The summed E-state index contributed by atoms with van der Waals surface area (Å²) in [6.45, 7) is 11.1. The van der Waals surface area contributed by atoms with Crippen molar-refractivity contribution in [3.63, 3.8) is 0 Å². The van der Waals surface area contributed by atoms with E-state index in [4.69, 9.17) is 4.98 Å². The number of nitrogens with zero attached hydrogens (tertiary/aromatic N) is 1. The fourth-order valence-electron chi connectivity index (χ4n) is 6.20. The zero-order valence-corrected chi connectivity index (χ0v) is 29.2. The van der Waals surface area contributed by atoms with E-state index >= 15 is 0 Å². The molecule has 0 aliphatic heterocycles. The van der Waals surface area contributed by atoms with Gasteiger partial charge in [-0.2, -0.15) is 0 Å². The topological polar surface area (TPSA) is 50.2 Å². The van der Waals surface area contributed by atoms with Gasteiger partial charge >= 0.3 is 0 Å². The molecular formula is C40H39FIrNO2-. The minimum Gasteiger partial charge on any atom is -0.512 e. The van der Waals surface area contributed by atoms with Gasteiger partial charge in [-0.25, -0.2) is 4.39 Å². The van der Waals surface area contributed by atoms with Crippen LogP contribution in [-0.2, 0) is 50.6 Å². The first kappa shape index (κ1) is 32.7. The van der Waals surface area contributed by atoms with Gasteiger partial charge in [0.1, 0.15) is 11.6 Å². The second-order valence-corrected chi connectivity index (χ2v) is 14.1. The summed E-state index contributed by atoms with van der Waals surface area (Å²) < 4.78 is 14.3. The predicted octanol–water partition coefficient (Wildman–Crippen LogP) is 9.95. The molecule has 0 fully saturated rings. The molecule has 4 aromatic carbocycles. The monoisotopic (exact) mass is 777 g/mol. The third-order valence-electron chi connectivity index (χ3n) is 8.80. The van der Waals surface area contributed by atoms with Crippen molar-refractivity contribution >= 4 is 27.3 Å². The number of allylic oxidation sites excluding steroid dienone is 2. The molecule has 0 atom stereocenters. The van der Waals surface area contributed by atoms with E-state index < -0.39 is 5.41 Å². The zero-order valence-electron chi connectivity index (χ0n) is 26.8. The van der Waals surface area contributed by atoms with E-state index in [0.29, 0.717) is 5.39 Å². The van der Waals surface area contributed by atoms with Crippen molar-refractivity contribution in [3.05, 3.63) is 113 Å². The fraction of sp³-hybridized carbons (Fsp3) is 0.300. The number of carbonyl (C=O) groups is 1. The molecule has 3 nitrogen and oxygen atoms in total. The Morgan fingerprint density at radius 3 is 2.09 bits per heavy atom. The van der Waals surface area contributed by atoms with Crippen LogP contribution in [0.1, 0.15) is 63.8 Å². The zero-order chi connectivity index (χ0) is 31.4. The van der Waals surface area contributed by atoms with Gasteiger partial charge < -0.3 is 10.1 Å². The average molecular weight is 777 g/mol. The van der Waals surface area contributed by atoms with E-state index in [0.717, 1.165) is 53.1 Å². The first-order chi connectivity index (χ1) is 20.8. The molecule has 233 valence electrons. The van der Waals surface area contributed by atoms with Crippen LogP contribution in [-0.4, -0.2) is 15.9 Å². The summed E-state index contributed by atoms with van der Waals surface area (Å²) in [5.74, 6) is -0.0793. The van der Waals surface area contributed by atoms with Gasteiger partial charge in [0.25, 0.3) is 0 Å². The van der Waals surface area contributed by atoms with Crippen LogP contribution in [0.2, 0.25) is 0 Å². The van der Waals surface area contributed by atoms with E-state index in [1.807, 2.05) is 72.0 Å². The van der Waals surface area contributed by atoms with Crippen molar-refractivity contribution in [2.45, 2.75) is 67.2 Å². The standard InChI is InChI=1S/C29H19FN.C11H20O2.Ir/c30-26-6-2-5-22-23-13-14-31-29(25(23)12-11-24(22)26)21-15-19-9-7-17-3-1-4-18-8-10-20(16-21)28(19)27(17)18;1-10(2,3)8(12)7-9(13)11(4,5)6;/h1-6,11-15H,7-10H2;7,12H,1-6H3;/q-1;;/b;8-7-;. The Morgan fingerprint density at radius 1 is 0.778 bits per heavy atom. The molecule has 0 bridgehead atoms. The summed E-state index contributed by atoms with van der Waals surface area (Å²) in [6.07, 6.45) is 7.41. The van der Waals surface area contributed by atoms with Gasteiger partial charge in [0.15, 0.2) is 5.78 Å². The molecule has 0 unspecified atom stereocenters. The molecule has 2 aliphatic rings. The Kier molecular flexibility index (Phi) is 8.92. The smallest absolute Gasteiger partial charge is 0.164 e. The minimum absolute atomic E-state index is 0. The van der Waals surface area contributed by atoms with Crippen LogP contribution >= 0.6 is 0 Å². The first-order valence-corrected chi connectivity index (χ1v) is 15.4. The Morgan fingerprint density at radius 2 is 1.40 bits per heavy atom. The van der Waals surface area contributed by atoms with Crippen LogP contribution in [0.5, 0.6) is 0 Å². The molecule has 2 aliphatic carbocycles. The number of fused-ring (bicyclic) bond motifs is 3. The first-order valence-electron chi connectivity index (χ1n) is 15.4. The molecule has 0 saturated carbocycles. The molecule has 45 heavy (non-hydrogen) atoms. The summed E-state index contributed by atoms with van der Waals surface area (Å²) in [4.78, 5) is 16.3. The van der Waals surface area contributed by atoms with Crippen molar-refractivity contribution in [3.8, 4) is 22.4 Å². The Balaban J connectivity index is 0.000000246. The van der Waals surface area contributed by atoms with Gasteiger partial charge in [-0.15, -0.1) is 28.8 Å².